The molecule has 0 radical (unpaired) electrons. The number of rotatable bonds is 3. The van der Waals surface area contributed by atoms with Crippen molar-refractivity contribution in [2.75, 3.05) is 0 Å². The van der Waals surface area contributed by atoms with Crippen molar-refractivity contribution >= 4 is 5.69 Å². The summed E-state index contributed by atoms with van der Waals surface area (Å²) < 4.78 is 4.41. The van der Waals surface area contributed by atoms with Gasteiger partial charge in [-0.15, -0.1) is 0 Å². The summed E-state index contributed by atoms with van der Waals surface area (Å²) in [5.74, 6) is 1.10. The molecule has 0 atom stereocenters. The number of benzene rings is 1. The Hall–Kier alpha value is -0.266. The van der Waals surface area contributed by atoms with Crippen LogP contribution in [-0.4, -0.2) is 0 Å². The van der Waals surface area contributed by atoms with Crippen molar-refractivity contribution in [3.63, 3.8) is 0 Å². The van der Waals surface area contributed by atoms with Crippen molar-refractivity contribution in [3.8, 4) is 0 Å². The molecule has 0 heterocycles. The molecule has 14 heavy (non-hydrogen) atoms. The maximum atomic E-state index is 4.41. The van der Waals surface area contributed by atoms with Crippen molar-refractivity contribution < 1.29 is 20.3 Å². The summed E-state index contributed by atoms with van der Waals surface area (Å²) in [6.45, 7) is 8.87. The third kappa shape index (κ3) is 2.40. The van der Waals surface area contributed by atoms with Gasteiger partial charge >= 0.3 is 98.2 Å². The van der Waals surface area contributed by atoms with E-state index in [0.29, 0.717) is 11.8 Å². The fourth-order valence-electron chi connectivity index (χ4n) is 1.64. The third-order valence-corrected chi connectivity index (χ3v) is 2.80. The van der Waals surface area contributed by atoms with Crippen LogP contribution in [0.3, 0.4) is 0 Å². The van der Waals surface area contributed by atoms with E-state index < -0.39 is 0 Å². The van der Waals surface area contributed by atoms with Crippen molar-refractivity contribution in [2.45, 2.75) is 39.5 Å². The quantitative estimate of drug-likeness (QED) is 0.677. The van der Waals surface area contributed by atoms with E-state index in [0.717, 1.165) is 0 Å². The number of nitrogens with zero attached hydrogens (tertiary/aromatic N) is 1. The Balaban J connectivity index is 3.32. The maximum absolute atomic E-state index is 4.41. The number of hydrogen-bond acceptors (Lipinski definition) is 1. The Morgan fingerprint density at radius 3 is 1.71 bits per heavy atom. The molecule has 1 rings (SSSR count). The topological polar surface area (TPSA) is 12.4 Å². The Bertz CT molecular complexity index is 303. The molecule has 0 fully saturated rings. The van der Waals surface area contributed by atoms with Crippen LogP contribution in [0.5, 0.6) is 0 Å². The Labute approximate surface area is 98.2 Å². The molecular formula is C12H17NTi+2. The Morgan fingerprint density at radius 1 is 1.00 bits per heavy atom. The van der Waals surface area contributed by atoms with Crippen molar-refractivity contribution in [1.82, 2.24) is 0 Å². The van der Waals surface area contributed by atoms with Crippen molar-refractivity contribution in [2.24, 2.45) is 3.42 Å². The average Bonchev–Trinajstić information content (AvgIpc) is 2.16. The summed E-state index contributed by atoms with van der Waals surface area (Å²) in [6, 6.07) is 6.50. The summed E-state index contributed by atoms with van der Waals surface area (Å²) in [5.41, 5.74) is 3.91. The molecule has 0 N–H and O–H groups in total. The van der Waals surface area contributed by atoms with Crippen LogP contribution in [0, 0.1) is 0 Å². The zero-order chi connectivity index (χ0) is 10.7. The van der Waals surface area contributed by atoms with Gasteiger partial charge in [-0.25, -0.2) is 0 Å². The number of hydrogen-bond donors (Lipinski definition) is 0. The van der Waals surface area contributed by atoms with Crippen LogP contribution in [0.1, 0.15) is 50.7 Å². The molecule has 0 saturated carbocycles. The van der Waals surface area contributed by atoms with Gasteiger partial charge in [-0.05, 0) is 0 Å². The van der Waals surface area contributed by atoms with E-state index in [4.69, 9.17) is 0 Å². The zero-order valence-electron chi connectivity index (χ0n) is 9.33. The van der Waals surface area contributed by atoms with Gasteiger partial charge in [-0.1, -0.05) is 0 Å². The molecule has 0 spiro atoms. The van der Waals surface area contributed by atoms with Gasteiger partial charge in [0.1, 0.15) is 0 Å². The van der Waals surface area contributed by atoms with Gasteiger partial charge in [-0.3, -0.25) is 0 Å². The Kier molecular flexibility index (Phi) is 4.21. The van der Waals surface area contributed by atoms with Crippen LogP contribution in [0.4, 0.5) is 5.69 Å². The second kappa shape index (κ2) is 5.00. The first-order valence-corrected chi connectivity index (χ1v) is 5.78. The van der Waals surface area contributed by atoms with Crippen LogP contribution in [0.2, 0.25) is 0 Å². The summed E-state index contributed by atoms with van der Waals surface area (Å²) >= 11 is 1.88. The van der Waals surface area contributed by atoms with Crippen LogP contribution >= 0.6 is 0 Å². The van der Waals surface area contributed by atoms with Gasteiger partial charge in [0, 0.05) is 0 Å². The molecule has 72 valence electrons. The average molecular weight is 223 g/mol. The molecule has 1 nitrogen and oxygen atoms in total. The standard InChI is InChI=1S/C12H17N.Ti/c1-8(2)10-6-5-7-11(9(3)4)12(10)13;/h5-9H,1-4H3;/q;+2. The first kappa shape index (κ1) is 11.8. The van der Waals surface area contributed by atoms with E-state index in [1.165, 1.54) is 16.8 Å². The fourth-order valence-corrected chi connectivity index (χ4v) is 2.04. The van der Waals surface area contributed by atoms with Crippen molar-refractivity contribution in [1.29, 1.82) is 0 Å². The second-order valence-electron chi connectivity index (χ2n) is 4.21. The Morgan fingerprint density at radius 2 is 1.43 bits per heavy atom. The molecule has 0 aromatic heterocycles. The fraction of sp³-hybridized carbons (Fsp3) is 0.500. The van der Waals surface area contributed by atoms with Gasteiger partial charge in [0.2, 0.25) is 0 Å². The molecule has 2 heteroatoms. The predicted molar refractivity (Wildman–Crippen MR) is 56.7 cm³/mol. The van der Waals surface area contributed by atoms with E-state index in [1.54, 1.807) is 0 Å². The zero-order valence-corrected chi connectivity index (χ0v) is 10.9. The SMILES string of the molecule is CC(C)c1cccc(C(C)C)c1[N]=[Ti+2]. The van der Waals surface area contributed by atoms with Gasteiger partial charge in [0.05, 0.1) is 0 Å². The normalized spacial score (nSPS) is 11.1. The van der Waals surface area contributed by atoms with Crippen LogP contribution < -0.4 is 0 Å². The van der Waals surface area contributed by atoms with Gasteiger partial charge in [-0.2, -0.15) is 0 Å². The first-order chi connectivity index (χ1) is 6.57. The summed E-state index contributed by atoms with van der Waals surface area (Å²) in [5, 5.41) is 0. The van der Waals surface area contributed by atoms with E-state index in [-0.39, 0.29) is 0 Å². The summed E-state index contributed by atoms with van der Waals surface area (Å²) in [6.07, 6.45) is 0. The third-order valence-electron chi connectivity index (χ3n) is 2.45. The minimum atomic E-state index is 0.549. The predicted octanol–water partition coefficient (Wildman–Crippen LogP) is 4.30. The van der Waals surface area contributed by atoms with Crippen LogP contribution in [0.15, 0.2) is 21.6 Å². The summed E-state index contributed by atoms with van der Waals surface area (Å²) in [7, 11) is 0. The molecule has 0 amide bonds. The van der Waals surface area contributed by atoms with Gasteiger partial charge < -0.3 is 0 Å². The molecule has 0 saturated heterocycles. The molecule has 0 aliphatic rings. The van der Waals surface area contributed by atoms with Gasteiger partial charge in [0.15, 0.2) is 0 Å². The monoisotopic (exact) mass is 223 g/mol. The van der Waals surface area contributed by atoms with Crippen LogP contribution in [0.25, 0.3) is 0 Å². The summed E-state index contributed by atoms with van der Waals surface area (Å²) in [4.78, 5) is 0. The molecular weight excluding hydrogens is 206 g/mol. The van der Waals surface area contributed by atoms with E-state index in [2.05, 4.69) is 49.3 Å². The van der Waals surface area contributed by atoms with E-state index >= 15 is 0 Å². The molecule has 0 unspecified atom stereocenters. The molecule has 1 aromatic rings. The molecule has 0 bridgehead atoms. The van der Waals surface area contributed by atoms with Crippen LogP contribution in [-0.2, 0) is 20.3 Å². The van der Waals surface area contributed by atoms with E-state index in [1.807, 2.05) is 20.3 Å². The van der Waals surface area contributed by atoms with E-state index in [9.17, 15) is 0 Å². The molecule has 0 aliphatic heterocycles. The molecule has 0 aliphatic carbocycles. The van der Waals surface area contributed by atoms with Gasteiger partial charge in [0.25, 0.3) is 0 Å². The van der Waals surface area contributed by atoms with Crippen molar-refractivity contribution in [3.05, 3.63) is 29.3 Å². The minimum absolute atomic E-state index is 0.549. The second-order valence-corrected chi connectivity index (χ2v) is 4.56. The first-order valence-electron chi connectivity index (χ1n) is 5.08. The molecule has 1 aromatic carbocycles.